The Kier molecular flexibility index (Phi) is 1.65. The van der Waals surface area contributed by atoms with E-state index in [1.807, 2.05) is 0 Å². The molecule has 0 aromatic rings. The van der Waals surface area contributed by atoms with E-state index in [2.05, 4.69) is 5.32 Å². The van der Waals surface area contributed by atoms with E-state index in [0.717, 1.165) is 0 Å². The lowest BCUT2D eigenvalue weighted by atomic mass is 9.65. The first kappa shape index (κ1) is 7.73. The summed E-state index contributed by atoms with van der Waals surface area (Å²) in [6.07, 6.45) is 1.10. The van der Waals surface area contributed by atoms with Gasteiger partial charge in [-0.05, 0) is 6.42 Å². The molecule has 2 rings (SSSR count). The molecule has 66 valence electrons. The quantitative estimate of drug-likeness (QED) is 0.562. The van der Waals surface area contributed by atoms with Crippen LogP contribution in [0.2, 0.25) is 0 Å². The number of ketones is 1. The summed E-state index contributed by atoms with van der Waals surface area (Å²) in [4.78, 5) is 21.8. The van der Waals surface area contributed by atoms with E-state index in [0.29, 0.717) is 19.4 Å². The van der Waals surface area contributed by atoms with E-state index in [1.54, 1.807) is 0 Å². The van der Waals surface area contributed by atoms with Crippen molar-refractivity contribution in [3.05, 3.63) is 0 Å². The highest BCUT2D eigenvalue weighted by Gasteiger charge is 2.49. The van der Waals surface area contributed by atoms with Gasteiger partial charge in [-0.15, -0.1) is 0 Å². The van der Waals surface area contributed by atoms with Crippen molar-refractivity contribution in [2.45, 2.75) is 18.9 Å². The predicted octanol–water partition coefficient (Wildman–Crippen LogP) is -0.362. The second kappa shape index (κ2) is 2.55. The van der Waals surface area contributed by atoms with Crippen molar-refractivity contribution in [1.82, 2.24) is 5.32 Å². The minimum absolute atomic E-state index is 0.0140. The molecule has 0 unspecified atom stereocenters. The van der Waals surface area contributed by atoms with E-state index in [1.165, 1.54) is 0 Å². The van der Waals surface area contributed by atoms with Gasteiger partial charge in [-0.3, -0.25) is 9.59 Å². The first-order valence-corrected chi connectivity index (χ1v) is 4.19. The van der Waals surface area contributed by atoms with Gasteiger partial charge >= 0.3 is 5.97 Å². The van der Waals surface area contributed by atoms with Gasteiger partial charge < -0.3 is 10.4 Å². The van der Waals surface area contributed by atoms with Gasteiger partial charge in [0, 0.05) is 24.9 Å². The van der Waals surface area contributed by atoms with Gasteiger partial charge in [0.2, 0.25) is 0 Å². The zero-order chi connectivity index (χ0) is 8.72. The maximum absolute atomic E-state index is 11.2. The topological polar surface area (TPSA) is 66.4 Å². The van der Waals surface area contributed by atoms with Crippen molar-refractivity contribution in [1.29, 1.82) is 0 Å². The molecule has 2 aliphatic rings. The van der Waals surface area contributed by atoms with Crippen molar-refractivity contribution in [2.75, 3.05) is 6.54 Å². The Labute approximate surface area is 69.9 Å². The van der Waals surface area contributed by atoms with Gasteiger partial charge in [0.25, 0.3) is 0 Å². The predicted molar refractivity (Wildman–Crippen MR) is 40.6 cm³/mol. The number of Topliss-reactive ketones (excluding diaryl/α,β-unsaturated/α-hetero) is 1. The molecule has 0 spiro atoms. The molecule has 1 saturated heterocycles. The van der Waals surface area contributed by atoms with Crippen LogP contribution in [0.25, 0.3) is 0 Å². The number of nitrogens with one attached hydrogen (secondary N) is 1. The van der Waals surface area contributed by atoms with Crippen LogP contribution in [0.4, 0.5) is 0 Å². The Morgan fingerprint density at radius 3 is 3.00 bits per heavy atom. The largest absolute Gasteiger partial charge is 0.481 e. The second-order valence-electron chi connectivity index (χ2n) is 3.48. The summed E-state index contributed by atoms with van der Waals surface area (Å²) in [6, 6.07) is -0.0799. The first-order chi connectivity index (χ1) is 5.70. The fraction of sp³-hybridized carbons (Fsp3) is 0.750. The van der Waals surface area contributed by atoms with Crippen LogP contribution in [-0.4, -0.2) is 29.4 Å². The van der Waals surface area contributed by atoms with Crippen LogP contribution < -0.4 is 5.32 Å². The molecule has 0 amide bonds. The molecule has 0 aromatic heterocycles. The maximum atomic E-state index is 11.2. The molecule has 0 radical (unpaired) electrons. The standard InChI is InChI=1S/C8H11NO3/c10-6-1-2-9-7-4(6)3-5(7)8(11)12/h4-5,7,9H,1-3H2,(H,11,12)/t4-,5+,7+/m0/s1. The summed E-state index contributed by atoms with van der Waals surface area (Å²) in [5.74, 6) is -0.895. The third-order valence-corrected chi connectivity index (χ3v) is 2.86. The minimum Gasteiger partial charge on any atom is -0.481 e. The molecule has 1 saturated carbocycles. The van der Waals surface area contributed by atoms with Crippen LogP contribution in [-0.2, 0) is 9.59 Å². The lowest BCUT2D eigenvalue weighted by Crippen LogP contribution is -2.60. The van der Waals surface area contributed by atoms with Crippen LogP contribution in [0.1, 0.15) is 12.8 Å². The molecule has 1 aliphatic carbocycles. The zero-order valence-electron chi connectivity index (χ0n) is 6.62. The van der Waals surface area contributed by atoms with E-state index in [4.69, 9.17) is 5.11 Å². The summed E-state index contributed by atoms with van der Waals surface area (Å²) < 4.78 is 0. The van der Waals surface area contributed by atoms with E-state index >= 15 is 0 Å². The van der Waals surface area contributed by atoms with Gasteiger partial charge in [0.1, 0.15) is 5.78 Å². The van der Waals surface area contributed by atoms with Gasteiger partial charge in [0.05, 0.1) is 5.92 Å². The zero-order valence-corrected chi connectivity index (χ0v) is 6.62. The molecule has 12 heavy (non-hydrogen) atoms. The lowest BCUT2D eigenvalue weighted by molar-refractivity contribution is -0.152. The van der Waals surface area contributed by atoms with Crippen molar-refractivity contribution in [2.24, 2.45) is 11.8 Å². The second-order valence-corrected chi connectivity index (χ2v) is 3.48. The van der Waals surface area contributed by atoms with Gasteiger partial charge in [-0.1, -0.05) is 0 Å². The number of carbonyl (C=O) groups excluding carboxylic acids is 1. The molecule has 2 N–H and O–H groups in total. The Bertz CT molecular complexity index is 234. The number of hydrogen-bond acceptors (Lipinski definition) is 3. The number of carboxylic acid groups (broad SMARTS) is 1. The molecule has 0 bridgehead atoms. The number of piperidine rings is 1. The maximum Gasteiger partial charge on any atom is 0.308 e. The summed E-state index contributed by atoms with van der Waals surface area (Å²) in [5.41, 5.74) is 0. The van der Waals surface area contributed by atoms with Crippen LogP contribution in [0.5, 0.6) is 0 Å². The highest BCUT2D eigenvalue weighted by Crippen LogP contribution is 2.37. The number of hydrogen-bond donors (Lipinski definition) is 2. The molecule has 3 atom stereocenters. The van der Waals surface area contributed by atoms with Crippen LogP contribution in [0.3, 0.4) is 0 Å². The van der Waals surface area contributed by atoms with Crippen LogP contribution in [0.15, 0.2) is 0 Å². The normalized spacial score (nSPS) is 40.0. The number of fused-ring (bicyclic) bond motifs is 1. The van der Waals surface area contributed by atoms with Gasteiger partial charge in [-0.2, -0.15) is 0 Å². The van der Waals surface area contributed by atoms with Gasteiger partial charge in [-0.25, -0.2) is 0 Å². The summed E-state index contributed by atoms with van der Waals surface area (Å²) in [7, 11) is 0. The smallest absolute Gasteiger partial charge is 0.308 e. The molecule has 2 fully saturated rings. The summed E-state index contributed by atoms with van der Waals surface area (Å²) in [5, 5.41) is 11.8. The molecule has 1 aliphatic heterocycles. The molecular formula is C8H11NO3. The molecule has 4 nitrogen and oxygen atoms in total. The monoisotopic (exact) mass is 169 g/mol. The molecule has 1 heterocycles. The summed E-state index contributed by atoms with van der Waals surface area (Å²) >= 11 is 0. The van der Waals surface area contributed by atoms with Crippen LogP contribution in [0, 0.1) is 11.8 Å². The van der Waals surface area contributed by atoms with Gasteiger partial charge in [0.15, 0.2) is 0 Å². The number of rotatable bonds is 1. The Morgan fingerprint density at radius 2 is 2.33 bits per heavy atom. The number of carboxylic acids is 1. The van der Waals surface area contributed by atoms with Crippen molar-refractivity contribution < 1.29 is 14.7 Å². The lowest BCUT2D eigenvalue weighted by Gasteiger charge is -2.44. The van der Waals surface area contributed by atoms with E-state index < -0.39 is 5.97 Å². The summed E-state index contributed by atoms with van der Waals surface area (Å²) in [6.45, 7) is 0.643. The molecular weight excluding hydrogens is 158 g/mol. The average Bonchev–Trinajstić information content (AvgIpc) is 1.92. The SMILES string of the molecule is O=C(O)[C@@H]1C[C@H]2C(=O)CCN[C@@H]12. The van der Waals surface area contributed by atoms with Crippen molar-refractivity contribution >= 4 is 11.8 Å². The highest BCUT2D eigenvalue weighted by atomic mass is 16.4. The van der Waals surface area contributed by atoms with E-state index in [9.17, 15) is 9.59 Å². The third kappa shape index (κ3) is 0.948. The Hall–Kier alpha value is -0.900. The van der Waals surface area contributed by atoms with Crippen LogP contribution >= 0.6 is 0 Å². The molecule has 4 heteroatoms. The Balaban J connectivity index is 2.05. The highest BCUT2D eigenvalue weighted by molar-refractivity contribution is 5.87. The van der Waals surface area contributed by atoms with E-state index in [-0.39, 0.29) is 23.7 Å². The minimum atomic E-state index is -0.779. The number of aliphatic carboxylic acids is 1. The molecule has 0 aromatic carbocycles. The Morgan fingerprint density at radius 1 is 1.58 bits per heavy atom. The average molecular weight is 169 g/mol. The van der Waals surface area contributed by atoms with Crippen molar-refractivity contribution in [3.8, 4) is 0 Å². The first-order valence-electron chi connectivity index (χ1n) is 4.19. The van der Waals surface area contributed by atoms with Crippen molar-refractivity contribution in [3.63, 3.8) is 0 Å². The number of carbonyl (C=O) groups is 2. The fourth-order valence-corrected chi connectivity index (χ4v) is 2.07. The third-order valence-electron chi connectivity index (χ3n) is 2.86. The fourth-order valence-electron chi connectivity index (χ4n) is 2.07.